The van der Waals surface area contributed by atoms with Crippen molar-refractivity contribution in [1.29, 1.82) is 0 Å². The monoisotopic (exact) mass is 171 g/mol. The Morgan fingerprint density at radius 2 is 2.33 bits per heavy atom. The van der Waals surface area contributed by atoms with Crippen LogP contribution in [-0.4, -0.2) is 18.8 Å². The molecule has 2 N–H and O–H groups in total. The van der Waals surface area contributed by atoms with Crippen molar-refractivity contribution in [2.45, 2.75) is 25.6 Å². The van der Waals surface area contributed by atoms with Crippen LogP contribution in [0, 0.1) is 0 Å². The highest BCUT2D eigenvalue weighted by Crippen LogP contribution is 2.15. The van der Waals surface area contributed by atoms with E-state index in [0.29, 0.717) is 6.61 Å². The molecule has 0 aliphatic carbocycles. The molecule has 0 aromatic heterocycles. The third-order valence-corrected chi connectivity index (χ3v) is 1.69. The standard InChI is InChI=1S/C8H13NO3/c1-6(8(9)10)12-7-4-2-3-5-11-7/h7H,1-5H2,(H2,9,10). The lowest BCUT2D eigenvalue weighted by Crippen LogP contribution is -2.26. The molecule has 4 nitrogen and oxygen atoms in total. The van der Waals surface area contributed by atoms with Crippen molar-refractivity contribution in [3.05, 3.63) is 12.3 Å². The summed E-state index contributed by atoms with van der Waals surface area (Å²) in [6, 6.07) is 0. The summed E-state index contributed by atoms with van der Waals surface area (Å²) in [6.07, 6.45) is 2.56. The van der Waals surface area contributed by atoms with Crippen molar-refractivity contribution in [3.63, 3.8) is 0 Å². The van der Waals surface area contributed by atoms with Gasteiger partial charge >= 0.3 is 0 Å². The highest BCUT2D eigenvalue weighted by molar-refractivity contribution is 5.89. The number of nitrogens with two attached hydrogens (primary N) is 1. The second-order valence-corrected chi connectivity index (χ2v) is 2.70. The Bertz CT molecular complexity index is 185. The Balaban J connectivity index is 2.29. The fraction of sp³-hybridized carbons (Fsp3) is 0.625. The minimum absolute atomic E-state index is 0.0260. The van der Waals surface area contributed by atoms with Crippen LogP contribution >= 0.6 is 0 Å². The van der Waals surface area contributed by atoms with Crippen molar-refractivity contribution in [1.82, 2.24) is 0 Å². The summed E-state index contributed by atoms with van der Waals surface area (Å²) in [4.78, 5) is 10.5. The maximum Gasteiger partial charge on any atom is 0.283 e. The average Bonchev–Trinajstić information content (AvgIpc) is 2.06. The van der Waals surface area contributed by atoms with E-state index in [4.69, 9.17) is 15.2 Å². The summed E-state index contributed by atoms with van der Waals surface area (Å²) in [5.74, 6) is -0.661. The molecular weight excluding hydrogens is 158 g/mol. The molecule has 0 saturated carbocycles. The van der Waals surface area contributed by atoms with E-state index in [0.717, 1.165) is 19.3 Å². The molecule has 0 bridgehead atoms. The van der Waals surface area contributed by atoms with E-state index in [1.54, 1.807) is 0 Å². The molecule has 1 atom stereocenters. The number of carbonyl (C=O) groups is 1. The molecule has 0 aromatic carbocycles. The van der Waals surface area contributed by atoms with Gasteiger partial charge in [-0.15, -0.1) is 0 Å². The molecule has 1 fully saturated rings. The number of hydrogen-bond acceptors (Lipinski definition) is 3. The molecule has 1 unspecified atom stereocenters. The Labute approximate surface area is 71.3 Å². The third kappa shape index (κ3) is 2.54. The fourth-order valence-corrected chi connectivity index (χ4v) is 1.02. The van der Waals surface area contributed by atoms with Crippen LogP contribution in [0.1, 0.15) is 19.3 Å². The molecule has 0 radical (unpaired) electrons. The molecule has 0 spiro atoms. The minimum atomic E-state index is -0.635. The predicted octanol–water partition coefficient (Wildman–Crippen LogP) is 0.529. The van der Waals surface area contributed by atoms with Gasteiger partial charge in [-0.25, -0.2) is 0 Å². The Morgan fingerprint density at radius 1 is 1.58 bits per heavy atom. The van der Waals surface area contributed by atoms with Crippen molar-refractivity contribution in [3.8, 4) is 0 Å². The van der Waals surface area contributed by atoms with Crippen LogP contribution < -0.4 is 5.73 Å². The van der Waals surface area contributed by atoms with Crippen LogP contribution in [0.5, 0.6) is 0 Å². The van der Waals surface area contributed by atoms with Gasteiger partial charge in [-0.05, 0) is 12.8 Å². The van der Waals surface area contributed by atoms with Gasteiger partial charge in [0.1, 0.15) is 0 Å². The molecule has 12 heavy (non-hydrogen) atoms. The minimum Gasteiger partial charge on any atom is -0.460 e. The van der Waals surface area contributed by atoms with Crippen molar-refractivity contribution in [2.75, 3.05) is 6.61 Å². The van der Waals surface area contributed by atoms with Crippen LogP contribution in [0.4, 0.5) is 0 Å². The van der Waals surface area contributed by atoms with Crippen LogP contribution in [0.3, 0.4) is 0 Å². The maximum atomic E-state index is 10.5. The highest BCUT2D eigenvalue weighted by atomic mass is 16.7. The van der Waals surface area contributed by atoms with E-state index < -0.39 is 5.91 Å². The molecule has 1 saturated heterocycles. The van der Waals surface area contributed by atoms with Gasteiger partial charge in [0, 0.05) is 6.42 Å². The van der Waals surface area contributed by atoms with E-state index in [-0.39, 0.29) is 12.0 Å². The van der Waals surface area contributed by atoms with Crippen LogP contribution in [0.15, 0.2) is 12.3 Å². The van der Waals surface area contributed by atoms with E-state index in [1.165, 1.54) is 0 Å². The summed E-state index contributed by atoms with van der Waals surface area (Å²) in [5.41, 5.74) is 4.93. The summed E-state index contributed by atoms with van der Waals surface area (Å²) in [7, 11) is 0. The summed E-state index contributed by atoms with van der Waals surface area (Å²) in [5, 5.41) is 0. The van der Waals surface area contributed by atoms with Gasteiger partial charge in [0.2, 0.25) is 0 Å². The van der Waals surface area contributed by atoms with Gasteiger partial charge in [-0.1, -0.05) is 6.58 Å². The van der Waals surface area contributed by atoms with Crippen molar-refractivity contribution >= 4 is 5.91 Å². The molecule has 1 rings (SSSR count). The Morgan fingerprint density at radius 3 is 2.83 bits per heavy atom. The Hall–Kier alpha value is -1.03. The lowest BCUT2D eigenvalue weighted by atomic mass is 10.2. The third-order valence-electron chi connectivity index (χ3n) is 1.69. The maximum absolute atomic E-state index is 10.5. The first-order valence-electron chi connectivity index (χ1n) is 3.97. The number of hydrogen-bond donors (Lipinski definition) is 1. The lowest BCUT2D eigenvalue weighted by Gasteiger charge is -2.23. The number of carbonyl (C=O) groups excluding carboxylic acids is 1. The zero-order valence-electron chi connectivity index (χ0n) is 6.91. The molecule has 4 heteroatoms. The smallest absolute Gasteiger partial charge is 0.283 e. The normalized spacial score (nSPS) is 23.2. The fourth-order valence-electron chi connectivity index (χ4n) is 1.02. The highest BCUT2D eigenvalue weighted by Gasteiger charge is 2.17. The topological polar surface area (TPSA) is 61.6 Å². The molecule has 68 valence electrons. The van der Waals surface area contributed by atoms with Gasteiger partial charge in [0.15, 0.2) is 12.0 Å². The van der Waals surface area contributed by atoms with Gasteiger partial charge in [0.25, 0.3) is 5.91 Å². The number of rotatable bonds is 3. The first-order valence-corrected chi connectivity index (χ1v) is 3.97. The van der Waals surface area contributed by atoms with Gasteiger partial charge < -0.3 is 15.2 Å². The van der Waals surface area contributed by atoms with Crippen LogP contribution in [0.25, 0.3) is 0 Å². The van der Waals surface area contributed by atoms with E-state index in [9.17, 15) is 4.79 Å². The van der Waals surface area contributed by atoms with Crippen LogP contribution in [0.2, 0.25) is 0 Å². The SMILES string of the molecule is C=C(OC1CCCCO1)C(N)=O. The van der Waals surface area contributed by atoms with E-state index in [1.807, 2.05) is 0 Å². The largest absolute Gasteiger partial charge is 0.460 e. The lowest BCUT2D eigenvalue weighted by molar-refractivity contribution is -0.149. The van der Waals surface area contributed by atoms with E-state index in [2.05, 4.69) is 6.58 Å². The molecule has 1 heterocycles. The zero-order valence-corrected chi connectivity index (χ0v) is 6.91. The van der Waals surface area contributed by atoms with Gasteiger partial charge in [-0.2, -0.15) is 0 Å². The molecule has 1 aliphatic heterocycles. The first-order chi connectivity index (χ1) is 5.70. The molecule has 1 aliphatic rings. The van der Waals surface area contributed by atoms with Crippen molar-refractivity contribution < 1.29 is 14.3 Å². The second kappa shape index (κ2) is 4.11. The van der Waals surface area contributed by atoms with Crippen LogP contribution in [-0.2, 0) is 14.3 Å². The summed E-state index contributed by atoms with van der Waals surface area (Å²) < 4.78 is 10.3. The van der Waals surface area contributed by atoms with Gasteiger partial charge in [-0.3, -0.25) is 4.79 Å². The first kappa shape index (κ1) is 9.06. The molecular formula is C8H13NO3. The second-order valence-electron chi connectivity index (χ2n) is 2.70. The number of ether oxygens (including phenoxy) is 2. The molecule has 1 amide bonds. The van der Waals surface area contributed by atoms with Crippen molar-refractivity contribution in [2.24, 2.45) is 5.73 Å². The predicted molar refractivity (Wildman–Crippen MR) is 43.0 cm³/mol. The average molecular weight is 171 g/mol. The summed E-state index contributed by atoms with van der Waals surface area (Å²) >= 11 is 0. The number of amides is 1. The zero-order chi connectivity index (χ0) is 8.97. The number of primary amides is 1. The summed E-state index contributed by atoms with van der Waals surface area (Å²) in [6.45, 7) is 4.05. The van der Waals surface area contributed by atoms with E-state index >= 15 is 0 Å². The Kier molecular flexibility index (Phi) is 3.10. The molecule has 0 aromatic rings. The quantitative estimate of drug-likeness (QED) is 0.497. The van der Waals surface area contributed by atoms with Gasteiger partial charge in [0.05, 0.1) is 6.61 Å².